The van der Waals surface area contributed by atoms with Gasteiger partial charge in [-0.05, 0) is 38.1 Å². The molecule has 1 atom stereocenters. The summed E-state index contributed by atoms with van der Waals surface area (Å²) in [7, 11) is 0. The molecule has 0 spiro atoms. The average Bonchev–Trinajstić information content (AvgIpc) is 2.87. The molecule has 0 aromatic carbocycles. The number of carbonyl (C=O) groups is 1. The number of hydroxylamine groups is 1. The molecule has 1 amide bonds. The zero-order valence-corrected chi connectivity index (χ0v) is 11.6. The Bertz CT molecular complexity index is 222. The fourth-order valence-corrected chi connectivity index (χ4v) is 2.62. The maximum Gasteiger partial charge on any atom is 0.243 e. The SMILES string of the molecule is CCCC(CCN)CCC(=O)NOC1CCCC1. The van der Waals surface area contributed by atoms with Crippen LogP contribution >= 0.6 is 0 Å². The van der Waals surface area contributed by atoms with Crippen molar-refractivity contribution in [3.05, 3.63) is 0 Å². The molecular formula is C14H28N2O2. The Hall–Kier alpha value is -0.610. The fraction of sp³-hybridized carbons (Fsp3) is 0.929. The highest BCUT2D eigenvalue weighted by molar-refractivity contribution is 5.74. The molecule has 1 saturated carbocycles. The normalized spacial score (nSPS) is 17.9. The molecule has 1 unspecified atom stereocenters. The third-order valence-electron chi connectivity index (χ3n) is 3.69. The van der Waals surface area contributed by atoms with Crippen LogP contribution in [0.4, 0.5) is 0 Å². The molecule has 0 aromatic rings. The number of nitrogens with two attached hydrogens (primary N) is 1. The third-order valence-corrected chi connectivity index (χ3v) is 3.69. The Morgan fingerprint density at radius 2 is 2.06 bits per heavy atom. The van der Waals surface area contributed by atoms with Crippen molar-refractivity contribution in [2.24, 2.45) is 11.7 Å². The summed E-state index contributed by atoms with van der Waals surface area (Å²) in [5, 5.41) is 0. The number of nitrogens with one attached hydrogen (secondary N) is 1. The topological polar surface area (TPSA) is 64.4 Å². The summed E-state index contributed by atoms with van der Waals surface area (Å²) in [6.07, 6.45) is 9.64. The van der Waals surface area contributed by atoms with Crippen molar-refractivity contribution < 1.29 is 9.63 Å². The van der Waals surface area contributed by atoms with Crippen molar-refractivity contribution in [3.63, 3.8) is 0 Å². The van der Waals surface area contributed by atoms with Gasteiger partial charge in [0.25, 0.3) is 0 Å². The molecule has 1 fully saturated rings. The van der Waals surface area contributed by atoms with E-state index in [0.717, 1.165) is 38.5 Å². The molecule has 0 aliphatic heterocycles. The first kappa shape index (κ1) is 15.4. The molecule has 0 bridgehead atoms. The monoisotopic (exact) mass is 256 g/mol. The quantitative estimate of drug-likeness (QED) is 0.623. The Balaban J connectivity index is 2.10. The van der Waals surface area contributed by atoms with Gasteiger partial charge in [0.2, 0.25) is 5.91 Å². The molecule has 0 radical (unpaired) electrons. The third kappa shape index (κ3) is 6.36. The largest absolute Gasteiger partial charge is 0.330 e. The van der Waals surface area contributed by atoms with Gasteiger partial charge in [-0.1, -0.05) is 32.6 Å². The maximum atomic E-state index is 11.6. The van der Waals surface area contributed by atoms with Crippen LogP contribution in [0.3, 0.4) is 0 Å². The first-order valence-electron chi connectivity index (χ1n) is 7.40. The summed E-state index contributed by atoms with van der Waals surface area (Å²) in [6.45, 7) is 2.89. The van der Waals surface area contributed by atoms with Crippen LogP contribution in [0.5, 0.6) is 0 Å². The van der Waals surface area contributed by atoms with Gasteiger partial charge in [0.05, 0.1) is 6.10 Å². The predicted molar refractivity (Wildman–Crippen MR) is 72.8 cm³/mol. The van der Waals surface area contributed by atoms with E-state index in [4.69, 9.17) is 10.6 Å². The van der Waals surface area contributed by atoms with Crippen molar-refractivity contribution in [2.45, 2.75) is 70.8 Å². The second kappa shape index (κ2) is 9.34. The van der Waals surface area contributed by atoms with Crippen molar-refractivity contribution in [3.8, 4) is 0 Å². The first-order valence-corrected chi connectivity index (χ1v) is 7.40. The molecule has 1 aliphatic rings. The molecule has 1 aliphatic carbocycles. The zero-order chi connectivity index (χ0) is 13.2. The molecule has 1 rings (SSSR count). The Morgan fingerprint density at radius 1 is 1.33 bits per heavy atom. The van der Waals surface area contributed by atoms with Crippen LogP contribution in [0.25, 0.3) is 0 Å². The Labute approximate surface area is 111 Å². The lowest BCUT2D eigenvalue weighted by molar-refractivity contribution is -0.138. The second-order valence-corrected chi connectivity index (χ2v) is 5.32. The average molecular weight is 256 g/mol. The standard InChI is InChI=1S/C14H28N2O2/c1-2-5-12(10-11-15)8-9-14(17)16-18-13-6-3-4-7-13/h12-13H,2-11,15H2,1H3,(H,16,17). The van der Waals surface area contributed by atoms with Crippen molar-refractivity contribution in [1.29, 1.82) is 0 Å². The highest BCUT2D eigenvalue weighted by Crippen LogP contribution is 2.20. The molecule has 3 N–H and O–H groups in total. The summed E-state index contributed by atoms with van der Waals surface area (Å²) >= 11 is 0. The molecule has 0 saturated heterocycles. The summed E-state index contributed by atoms with van der Waals surface area (Å²) in [6, 6.07) is 0. The fourth-order valence-electron chi connectivity index (χ4n) is 2.62. The van der Waals surface area contributed by atoms with E-state index in [-0.39, 0.29) is 12.0 Å². The minimum absolute atomic E-state index is 0.0139. The molecule has 18 heavy (non-hydrogen) atoms. The lowest BCUT2D eigenvalue weighted by Crippen LogP contribution is -2.28. The summed E-state index contributed by atoms with van der Waals surface area (Å²) < 4.78 is 0. The van der Waals surface area contributed by atoms with Gasteiger partial charge in [-0.2, -0.15) is 0 Å². The minimum atomic E-state index is 0.0139. The number of rotatable bonds is 9. The second-order valence-electron chi connectivity index (χ2n) is 5.32. The molecule has 106 valence electrons. The molecule has 4 heteroatoms. The van der Waals surface area contributed by atoms with Gasteiger partial charge >= 0.3 is 0 Å². The smallest absolute Gasteiger partial charge is 0.243 e. The van der Waals surface area contributed by atoms with E-state index in [9.17, 15) is 4.79 Å². The van der Waals surface area contributed by atoms with Gasteiger partial charge in [0.15, 0.2) is 0 Å². The highest BCUT2D eigenvalue weighted by Gasteiger charge is 2.17. The highest BCUT2D eigenvalue weighted by atomic mass is 16.7. The van der Waals surface area contributed by atoms with Gasteiger partial charge in [0.1, 0.15) is 0 Å². The van der Waals surface area contributed by atoms with E-state index in [2.05, 4.69) is 12.4 Å². The van der Waals surface area contributed by atoms with Gasteiger partial charge in [-0.25, -0.2) is 5.48 Å². The number of carbonyl (C=O) groups excluding carboxylic acids is 1. The lowest BCUT2D eigenvalue weighted by Gasteiger charge is -2.15. The van der Waals surface area contributed by atoms with E-state index >= 15 is 0 Å². The van der Waals surface area contributed by atoms with Gasteiger partial charge in [0, 0.05) is 6.42 Å². The summed E-state index contributed by atoms with van der Waals surface area (Å²) in [4.78, 5) is 17.0. The van der Waals surface area contributed by atoms with Crippen molar-refractivity contribution in [2.75, 3.05) is 6.54 Å². The van der Waals surface area contributed by atoms with Crippen molar-refractivity contribution in [1.82, 2.24) is 5.48 Å². The van der Waals surface area contributed by atoms with Crippen LogP contribution in [0, 0.1) is 5.92 Å². The van der Waals surface area contributed by atoms with E-state index in [1.165, 1.54) is 12.8 Å². The van der Waals surface area contributed by atoms with Crippen LogP contribution in [-0.4, -0.2) is 18.6 Å². The predicted octanol–water partition coefficient (Wildman–Crippen LogP) is 2.52. The van der Waals surface area contributed by atoms with Gasteiger partial charge < -0.3 is 5.73 Å². The van der Waals surface area contributed by atoms with Crippen LogP contribution in [0.2, 0.25) is 0 Å². The number of hydrogen-bond donors (Lipinski definition) is 2. The van der Waals surface area contributed by atoms with Crippen LogP contribution < -0.4 is 11.2 Å². The minimum Gasteiger partial charge on any atom is -0.330 e. The Kier molecular flexibility index (Phi) is 8.01. The van der Waals surface area contributed by atoms with Gasteiger partial charge in [-0.15, -0.1) is 0 Å². The van der Waals surface area contributed by atoms with Gasteiger partial charge in [-0.3, -0.25) is 9.63 Å². The molecular weight excluding hydrogens is 228 g/mol. The van der Waals surface area contributed by atoms with E-state index in [0.29, 0.717) is 18.9 Å². The number of hydrogen-bond acceptors (Lipinski definition) is 3. The Morgan fingerprint density at radius 3 is 2.67 bits per heavy atom. The van der Waals surface area contributed by atoms with Crippen LogP contribution in [0.1, 0.15) is 64.7 Å². The zero-order valence-electron chi connectivity index (χ0n) is 11.6. The lowest BCUT2D eigenvalue weighted by atomic mass is 9.94. The molecule has 0 heterocycles. The van der Waals surface area contributed by atoms with E-state index in [1.807, 2.05) is 0 Å². The number of amides is 1. The first-order chi connectivity index (χ1) is 8.76. The maximum absolute atomic E-state index is 11.6. The van der Waals surface area contributed by atoms with Crippen LogP contribution in [0.15, 0.2) is 0 Å². The van der Waals surface area contributed by atoms with Crippen LogP contribution in [-0.2, 0) is 9.63 Å². The summed E-state index contributed by atoms with van der Waals surface area (Å²) in [5.41, 5.74) is 8.18. The van der Waals surface area contributed by atoms with E-state index < -0.39 is 0 Å². The van der Waals surface area contributed by atoms with Crippen molar-refractivity contribution >= 4 is 5.91 Å². The summed E-state index contributed by atoms with van der Waals surface area (Å²) in [5.74, 6) is 0.595. The van der Waals surface area contributed by atoms with E-state index in [1.54, 1.807) is 0 Å². The molecule has 0 aromatic heterocycles. The molecule has 4 nitrogen and oxygen atoms in total.